The van der Waals surface area contributed by atoms with Gasteiger partial charge in [0.05, 0.1) is 21.6 Å². The number of hydrogen-bond acceptors (Lipinski definition) is 4. The lowest BCUT2D eigenvalue weighted by Gasteiger charge is -2.50. The van der Waals surface area contributed by atoms with Gasteiger partial charge in [0.25, 0.3) is 6.71 Å². The van der Waals surface area contributed by atoms with Crippen molar-refractivity contribution < 1.29 is 0 Å². The van der Waals surface area contributed by atoms with Crippen LogP contribution in [0.1, 0.15) is 103 Å². The number of rotatable bonds is 4. The maximum Gasteiger partial charge on any atom is 0.252 e. The highest BCUT2D eigenvalue weighted by molar-refractivity contribution is 7.26. The lowest BCUT2D eigenvalue weighted by atomic mass is 9.33. The Balaban J connectivity index is 1.14. The van der Waals surface area contributed by atoms with Gasteiger partial charge in [-0.1, -0.05) is 164 Å². The average molecular weight is 928 g/mol. The molecule has 0 N–H and O–H groups in total. The first-order chi connectivity index (χ1) is 33.6. The highest BCUT2D eigenvalue weighted by atomic mass is 32.1. The molecule has 0 amide bonds. The number of fused-ring (bicyclic) bond motifs is 10. The Bertz CT molecular complexity index is 3610. The summed E-state index contributed by atoms with van der Waals surface area (Å²) in [6.45, 7) is 21.5. The summed E-state index contributed by atoms with van der Waals surface area (Å²) in [6.07, 6.45) is 4.86. The number of anilines is 8. The van der Waals surface area contributed by atoms with Gasteiger partial charge in [0, 0.05) is 60.6 Å². The van der Waals surface area contributed by atoms with Crippen LogP contribution in [0.25, 0.3) is 31.3 Å². The Hall–Kier alpha value is -6.56. The van der Waals surface area contributed by atoms with Crippen molar-refractivity contribution >= 4 is 100 Å². The molecule has 0 radical (unpaired) electrons. The first kappa shape index (κ1) is 43.5. The zero-order valence-corrected chi connectivity index (χ0v) is 43.1. The number of hydrogen-bond donors (Lipinski definition) is 0. The van der Waals surface area contributed by atoms with Gasteiger partial charge >= 0.3 is 0 Å². The molecule has 2 atom stereocenters. The molecule has 346 valence electrons. The molecule has 2 unspecified atom stereocenters. The topological polar surface area (TPSA) is 9.72 Å². The van der Waals surface area contributed by atoms with Crippen LogP contribution in [0.4, 0.5) is 45.5 Å². The Labute approximate surface area is 419 Å². The standard InChI is InChI=1S/C65H62BN3S/c1-41-36-57-60-58(37-41)68(55-26-19-23-47-46-22-13-16-27-59(46)70-61(47)55)54-33-29-44(63(5,6)7)39-51(54)66(60)50-31-30-45(69-53-25-15-14-24-49(53)64(8)34-17-18-35-65(64,69)9)40-56(50)67(57)52-32-28-43(62(2,3)4)38-48(52)42-20-11-10-12-21-42/h10-16,19-33,36-40H,17-18,34-35H2,1-9H3. The van der Waals surface area contributed by atoms with Crippen LogP contribution in [0.3, 0.4) is 0 Å². The van der Waals surface area contributed by atoms with Crippen LogP contribution in [0.5, 0.6) is 0 Å². The molecule has 1 saturated carbocycles. The first-order valence-electron chi connectivity index (χ1n) is 25.7. The van der Waals surface area contributed by atoms with E-state index in [2.05, 4.69) is 241 Å². The number of aryl methyl sites for hydroxylation is 1. The average Bonchev–Trinajstić information content (AvgIpc) is 3.83. The molecule has 3 nitrogen and oxygen atoms in total. The normalized spacial score (nSPS) is 19.3. The van der Waals surface area contributed by atoms with Gasteiger partial charge in [0.2, 0.25) is 0 Å². The molecule has 1 aliphatic carbocycles. The summed E-state index contributed by atoms with van der Waals surface area (Å²) >= 11 is 1.92. The monoisotopic (exact) mass is 927 g/mol. The third-order valence-corrected chi connectivity index (χ3v) is 18.4. The zero-order chi connectivity index (χ0) is 48.1. The summed E-state index contributed by atoms with van der Waals surface area (Å²) in [5.74, 6) is 0. The van der Waals surface area contributed by atoms with Crippen LogP contribution in [-0.4, -0.2) is 12.3 Å². The molecule has 3 aliphatic heterocycles. The Morgan fingerprint density at radius 2 is 1.16 bits per heavy atom. The zero-order valence-electron chi connectivity index (χ0n) is 42.2. The molecule has 0 bridgehead atoms. The van der Waals surface area contributed by atoms with Crippen LogP contribution in [0, 0.1) is 6.92 Å². The number of benzene rings is 8. The highest BCUT2D eigenvalue weighted by Gasteiger charge is 2.58. The maximum absolute atomic E-state index is 2.76. The molecule has 1 fully saturated rings. The Kier molecular flexibility index (Phi) is 9.45. The molecule has 1 aromatic heterocycles. The van der Waals surface area contributed by atoms with Gasteiger partial charge in [-0.2, -0.15) is 0 Å². The smallest absolute Gasteiger partial charge is 0.252 e. The lowest BCUT2D eigenvalue weighted by molar-refractivity contribution is 0.195. The lowest BCUT2D eigenvalue weighted by Crippen LogP contribution is -2.61. The highest BCUT2D eigenvalue weighted by Crippen LogP contribution is 2.61. The van der Waals surface area contributed by atoms with E-state index in [1.54, 1.807) is 0 Å². The molecule has 8 aromatic carbocycles. The van der Waals surface area contributed by atoms with Crippen LogP contribution in [0.2, 0.25) is 0 Å². The molecule has 0 spiro atoms. The van der Waals surface area contributed by atoms with E-state index in [4.69, 9.17) is 0 Å². The van der Waals surface area contributed by atoms with Crippen molar-refractivity contribution in [3.8, 4) is 11.1 Å². The van der Waals surface area contributed by atoms with Gasteiger partial charge in [-0.3, -0.25) is 0 Å². The van der Waals surface area contributed by atoms with Gasteiger partial charge in [-0.25, -0.2) is 0 Å². The fraction of sp³-hybridized carbons (Fsp3) is 0.262. The van der Waals surface area contributed by atoms with Crippen molar-refractivity contribution in [3.63, 3.8) is 0 Å². The quantitative estimate of drug-likeness (QED) is 0.163. The van der Waals surface area contributed by atoms with Crippen molar-refractivity contribution in [1.29, 1.82) is 0 Å². The molecule has 4 aliphatic rings. The summed E-state index contributed by atoms with van der Waals surface area (Å²) in [5, 5.41) is 2.63. The molecule has 13 rings (SSSR count). The van der Waals surface area contributed by atoms with E-state index >= 15 is 0 Å². The fourth-order valence-electron chi connectivity index (χ4n) is 13.3. The molecule has 70 heavy (non-hydrogen) atoms. The van der Waals surface area contributed by atoms with Crippen LogP contribution in [-0.2, 0) is 16.2 Å². The number of para-hydroxylation sites is 1. The molecular formula is C65H62BN3S. The third kappa shape index (κ3) is 6.19. The number of nitrogens with zero attached hydrogens (tertiary/aromatic N) is 3. The molecular weight excluding hydrogens is 866 g/mol. The van der Waals surface area contributed by atoms with Gasteiger partial charge in [0.1, 0.15) is 0 Å². The summed E-state index contributed by atoms with van der Waals surface area (Å²) in [7, 11) is 0. The first-order valence-corrected chi connectivity index (χ1v) is 26.5. The maximum atomic E-state index is 2.76. The fourth-order valence-corrected chi connectivity index (χ4v) is 14.5. The van der Waals surface area contributed by atoms with E-state index in [1.165, 1.54) is 135 Å². The Morgan fingerprint density at radius 3 is 1.93 bits per heavy atom. The van der Waals surface area contributed by atoms with E-state index < -0.39 is 0 Å². The molecule has 5 heteroatoms. The molecule has 4 heterocycles. The van der Waals surface area contributed by atoms with Gasteiger partial charge < -0.3 is 14.7 Å². The Morgan fingerprint density at radius 1 is 0.514 bits per heavy atom. The summed E-state index contributed by atoms with van der Waals surface area (Å²) in [5.41, 5.74) is 21.9. The SMILES string of the molecule is Cc1cc2c3c(c1)N(c1cccc4c1sc1ccccc14)c1ccc(C(C)(C)C)cc1B3c1ccc(N3c4ccccc4C4(C)CCCCC34C)cc1N2c1ccc(C(C)(C)C)cc1-c1ccccc1. The minimum atomic E-state index is -0.0684. The van der Waals surface area contributed by atoms with Crippen LogP contribution in [0.15, 0.2) is 164 Å². The van der Waals surface area contributed by atoms with Crippen molar-refractivity contribution in [2.45, 2.75) is 110 Å². The van der Waals surface area contributed by atoms with Crippen molar-refractivity contribution in [1.82, 2.24) is 0 Å². The van der Waals surface area contributed by atoms with Gasteiger partial charge in [-0.15, -0.1) is 11.3 Å². The minimum absolute atomic E-state index is 0.00326. The van der Waals surface area contributed by atoms with Crippen molar-refractivity contribution in [2.24, 2.45) is 0 Å². The number of thiophene rings is 1. The van der Waals surface area contributed by atoms with Gasteiger partial charge in [-0.05, 0) is 142 Å². The van der Waals surface area contributed by atoms with E-state index in [9.17, 15) is 0 Å². The van der Waals surface area contributed by atoms with Crippen LogP contribution < -0.4 is 31.1 Å². The third-order valence-electron chi connectivity index (χ3n) is 17.1. The molecule has 9 aromatic rings. The van der Waals surface area contributed by atoms with E-state index in [-0.39, 0.29) is 28.5 Å². The summed E-state index contributed by atoms with van der Waals surface area (Å²) < 4.78 is 2.64. The van der Waals surface area contributed by atoms with E-state index in [0.717, 1.165) is 6.42 Å². The summed E-state index contributed by atoms with van der Waals surface area (Å²) in [6, 6.07) is 63.6. The van der Waals surface area contributed by atoms with Crippen molar-refractivity contribution in [2.75, 3.05) is 14.7 Å². The largest absolute Gasteiger partial charge is 0.334 e. The van der Waals surface area contributed by atoms with E-state index in [1.807, 2.05) is 11.3 Å². The second kappa shape index (κ2) is 15.2. The minimum Gasteiger partial charge on any atom is -0.334 e. The second-order valence-corrected chi connectivity index (χ2v) is 24.4. The van der Waals surface area contributed by atoms with Crippen molar-refractivity contribution in [3.05, 3.63) is 186 Å². The summed E-state index contributed by atoms with van der Waals surface area (Å²) in [4.78, 5) is 8.07. The van der Waals surface area contributed by atoms with E-state index in [0.29, 0.717) is 0 Å². The predicted molar refractivity (Wildman–Crippen MR) is 304 cm³/mol. The predicted octanol–water partition coefficient (Wildman–Crippen LogP) is 16.4. The van der Waals surface area contributed by atoms with Crippen LogP contribution >= 0.6 is 11.3 Å². The molecule has 0 saturated heterocycles. The second-order valence-electron chi connectivity index (χ2n) is 23.4. The van der Waals surface area contributed by atoms with Gasteiger partial charge in [0.15, 0.2) is 0 Å².